The Bertz CT molecular complexity index is 3150. The molecule has 4 N–H and O–H groups in total. The summed E-state index contributed by atoms with van der Waals surface area (Å²) >= 11 is 0. The SMILES string of the molecule is C[C@]12c3cccc(c3)OCOc3cccc(c3)[C@](C)(c3ccc1[nH]3)c1ccc([nH]1)[C@@]1(C)c3cccc(c3)O[P@@](=O)(c3ccccc3)Oc3cccc(c3)[C@@](C)(c3ccc2[nH]3)c2ccc1[nH]2. The van der Waals surface area contributed by atoms with E-state index in [4.69, 9.17) is 18.5 Å². The van der Waals surface area contributed by atoms with E-state index in [0.29, 0.717) is 28.3 Å². The van der Waals surface area contributed by atoms with Gasteiger partial charge in [0.15, 0.2) is 0 Å². The van der Waals surface area contributed by atoms with Gasteiger partial charge in [0.25, 0.3) is 0 Å². The molecule has 7 heterocycles. The van der Waals surface area contributed by atoms with E-state index in [0.717, 1.165) is 67.8 Å². The van der Waals surface area contributed by atoms with Crippen LogP contribution in [0.2, 0.25) is 0 Å². The highest BCUT2D eigenvalue weighted by molar-refractivity contribution is 7.63. The summed E-state index contributed by atoms with van der Waals surface area (Å²) in [6.45, 7) is 9.00. The number of hydrogen-bond acceptors (Lipinski definition) is 5. The number of hydrogen-bond donors (Lipinski definition) is 4. The first kappa shape index (κ1) is 39.3. The lowest BCUT2D eigenvalue weighted by Gasteiger charge is -2.34. The third kappa shape index (κ3) is 5.81. The van der Waals surface area contributed by atoms with E-state index in [2.05, 4.69) is 133 Å². The molecule has 20 bridgehead atoms. The van der Waals surface area contributed by atoms with Crippen LogP contribution in [0, 0.1) is 0 Å². The summed E-state index contributed by atoms with van der Waals surface area (Å²) < 4.78 is 41.3. The van der Waals surface area contributed by atoms with Gasteiger partial charge in [-0.1, -0.05) is 66.7 Å². The van der Waals surface area contributed by atoms with Crippen molar-refractivity contribution in [3.63, 3.8) is 0 Å². The van der Waals surface area contributed by atoms with Crippen molar-refractivity contribution in [1.82, 2.24) is 19.9 Å². The lowest BCUT2D eigenvalue weighted by molar-refractivity contribution is 0.119. The topological polar surface area (TPSA) is 117 Å². The molecule has 0 amide bonds. The van der Waals surface area contributed by atoms with Crippen LogP contribution in [-0.4, -0.2) is 26.7 Å². The van der Waals surface area contributed by atoms with Gasteiger partial charge in [0.05, 0.1) is 27.0 Å². The standard InChI is InChI=1S/C55H47N4O5P/c1-52-35-12-8-16-39(30-35)61-34-62-40-17-9-13-36(31-40)53(2,45-23-22-44(52)56-45)47-25-27-49(58-47)55(4)38-15-11-19-42(33-38)64-65(60,43-20-6-5-7-21-43)63-41-18-10-14-37(32-41)54(3,48-26-24-46(52)57-48)50-28-29-51(55)59-50/h5-33,56-59H,34H2,1-4H3/t52-,53+,54-,55+,65+. The Labute approximate surface area is 377 Å². The molecule has 5 atom stereocenters. The summed E-state index contributed by atoms with van der Waals surface area (Å²) in [6.07, 6.45) is 0. The molecular weight excluding hydrogens is 828 g/mol. The van der Waals surface area contributed by atoms with Gasteiger partial charge in [-0.15, -0.1) is 0 Å². The van der Waals surface area contributed by atoms with Crippen molar-refractivity contribution in [2.45, 2.75) is 49.4 Å². The second-order valence-electron chi connectivity index (χ2n) is 18.2. The number of benzene rings is 5. The van der Waals surface area contributed by atoms with Crippen LogP contribution in [0.25, 0.3) is 0 Å². The Morgan fingerprint density at radius 3 is 0.985 bits per heavy atom. The first-order valence-electron chi connectivity index (χ1n) is 22.0. The van der Waals surface area contributed by atoms with Crippen molar-refractivity contribution in [2.75, 3.05) is 6.79 Å². The molecular formula is C55H47N4O5P. The van der Waals surface area contributed by atoms with E-state index in [-0.39, 0.29) is 6.79 Å². The molecule has 0 saturated heterocycles. The normalized spacial score (nSPS) is 25.1. The zero-order valence-corrected chi connectivity index (χ0v) is 37.3. The van der Waals surface area contributed by atoms with Crippen molar-refractivity contribution in [2.24, 2.45) is 0 Å². The smallest absolute Gasteiger partial charge is 0.457 e. The van der Waals surface area contributed by atoms with Gasteiger partial charge in [-0.3, -0.25) is 0 Å². The van der Waals surface area contributed by atoms with Crippen LogP contribution in [-0.2, 0) is 26.2 Å². The summed E-state index contributed by atoms with van der Waals surface area (Å²) in [5.74, 6) is 2.24. The molecule has 12 rings (SSSR count). The van der Waals surface area contributed by atoms with E-state index < -0.39 is 29.3 Å². The molecule has 9 nitrogen and oxygen atoms in total. The molecule has 0 saturated carbocycles. The van der Waals surface area contributed by atoms with Gasteiger partial charge in [0, 0.05) is 45.6 Å². The van der Waals surface area contributed by atoms with Gasteiger partial charge in [0.1, 0.15) is 23.0 Å². The zero-order chi connectivity index (χ0) is 44.2. The molecule has 0 unspecified atom stereocenters. The van der Waals surface area contributed by atoms with Gasteiger partial charge < -0.3 is 38.5 Å². The minimum absolute atomic E-state index is 0.0452. The van der Waals surface area contributed by atoms with Gasteiger partial charge in [-0.2, -0.15) is 0 Å². The Balaban J connectivity index is 1.20. The second kappa shape index (κ2) is 14.1. The molecule has 0 radical (unpaired) electrons. The Hall–Kier alpha value is -7.35. The molecule has 0 aliphatic carbocycles. The first-order chi connectivity index (χ1) is 31.5. The molecule has 0 spiro atoms. The summed E-state index contributed by atoms with van der Waals surface area (Å²) in [6, 6.07) is 59.1. The largest absolute Gasteiger partial charge is 0.462 e. The maximum absolute atomic E-state index is 15.4. The number of aromatic amines is 4. The highest BCUT2D eigenvalue weighted by atomic mass is 31.2. The number of aromatic nitrogens is 4. The van der Waals surface area contributed by atoms with Gasteiger partial charge >= 0.3 is 7.60 Å². The fraction of sp³-hybridized carbons (Fsp3) is 0.164. The van der Waals surface area contributed by atoms with E-state index in [9.17, 15) is 0 Å². The molecule has 9 aromatic rings. The van der Waals surface area contributed by atoms with E-state index in [1.54, 1.807) is 12.1 Å². The van der Waals surface area contributed by atoms with Crippen molar-refractivity contribution in [3.8, 4) is 23.0 Å². The van der Waals surface area contributed by atoms with Crippen LogP contribution in [0.4, 0.5) is 0 Å². The van der Waals surface area contributed by atoms with E-state index in [1.807, 2.05) is 78.9 Å². The Morgan fingerprint density at radius 2 is 0.662 bits per heavy atom. The van der Waals surface area contributed by atoms with Gasteiger partial charge in [-0.05, 0) is 159 Å². The molecule has 5 aromatic carbocycles. The van der Waals surface area contributed by atoms with Gasteiger partial charge in [-0.25, -0.2) is 4.57 Å². The molecule has 4 aromatic heterocycles. The van der Waals surface area contributed by atoms with Crippen molar-refractivity contribution < 1.29 is 23.1 Å². The third-order valence-corrected chi connectivity index (χ3v) is 16.5. The van der Waals surface area contributed by atoms with Crippen LogP contribution in [0.5, 0.6) is 23.0 Å². The number of rotatable bonds is 1. The second-order valence-corrected chi connectivity index (χ2v) is 20.1. The van der Waals surface area contributed by atoms with Crippen molar-refractivity contribution in [1.29, 1.82) is 0 Å². The van der Waals surface area contributed by atoms with Crippen molar-refractivity contribution >= 4 is 12.9 Å². The summed E-state index contributed by atoms with van der Waals surface area (Å²) in [5.41, 5.74) is 8.58. The Morgan fingerprint density at radius 1 is 0.369 bits per heavy atom. The summed E-state index contributed by atoms with van der Waals surface area (Å²) in [5, 5.41) is 0.451. The highest BCUT2D eigenvalue weighted by Gasteiger charge is 2.45. The predicted molar refractivity (Wildman–Crippen MR) is 252 cm³/mol. The number of fused-ring (bicyclic) bond motifs is 20. The molecule has 65 heavy (non-hydrogen) atoms. The lowest BCUT2D eigenvalue weighted by Crippen LogP contribution is -2.32. The predicted octanol–water partition coefficient (Wildman–Crippen LogP) is 11.7. The quantitative estimate of drug-likeness (QED) is 0.123. The van der Waals surface area contributed by atoms with Crippen molar-refractivity contribution in [3.05, 3.63) is 244 Å². The fourth-order valence-corrected chi connectivity index (χ4v) is 12.0. The highest BCUT2D eigenvalue weighted by Crippen LogP contribution is 2.52. The number of ether oxygens (including phenoxy) is 2. The third-order valence-electron chi connectivity index (χ3n) is 14.7. The van der Waals surface area contributed by atoms with Crippen LogP contribution in [0.15, 0.2) is 176 Å². The Kier molecular flexibility index (Phi) is 8.50. The monoisotopic (exact) mass is 874 g/mol. The minimum Gasteiger partial charge on any atom is -0.457 e. The summed E-state index contributed by atoms with van der Waals surface area (Å²) in [7, 11) is -4.02. The zero-order valence-electron chi connectivity index (χ0n) is 36.4. The molecule has 3 aliphatic rings. The van der Waals surface area contributed by atoms with Crippen LogP contribution >= 0.6 is 7.60 Å². The van der Waals surface area contributed by atoms with E-state index in [1.165, 1.54) is 0 Å². The maximum Gasteiger partial charge on any atom is 0.462 e. The average Bonchev–Trinajstić information content (AvgIpc) is 4.19. The molecule has 322 valence electrons. The number of H-pyrrole nitrogens is 4. The molecule has 3 aliphatic heterocycles. The lowest BCUT2D eigenvalue weighted by atomic mass is 9.76. The van der Waals surface area contributed by atoms with E-state index >= 15 is 4.57 Å². The first-order valence-corrected chi connectivity index (χ1v) is 23.5. The van der Waals surface area contributed by atoms with Crippen LogP contribution < -0.4 is 23.8 Å². The maximum atomic E-state index is 15.4. The fourth-order valence-electron chi connectivity index (χ4n) is 10.4. The molecule has 0 fully saturated rings. The minimum atomic E-state index is -4.02. The average molecular weight is 875 g/mol. The summed E-state index contributed by atoms with van der Waals surface area (Å²) in [4.78, 5) is 16.0. The van der Waals surface area contributed by atoms with Gasteiger partial charge in [0.2, 0.25) is 6.79 Å². The van der Waals surface area contributed by atoms with Crippen LogP contribution in [0.3, 0.4) is 0 Å². The number of nitrogens with one attached hydrogen (secondary N) is 4. The molecule has 10 heteroatoms. The van der Waals surface area contributed by atoms with Crippen LogP contribution in [0.1, 0.15) is 95.5 Å².